The summed E-state index contributed by atoms with van der Waals surface area (Å²) in [6.45, 7) is 6.55. The van der Waals surface area contributed by atoms with Gasteiger partial charge in [0, 0.05) is 29.3 Å². The Bertz CT molecular complexity index is 608. The van der Waals surface area contributed by atoms with E-state index in [1.807, 2.05) is 0 Å². The van der Waals surface area contributed by atoms with Gasteiger partial charge in [-0.2, -0.15) is 5.10 Å². The molecule has 23 heavy (non-hydrogen) atoms. The van der Waals surface area contributed by atoms with Gasteiger partial charge in [-0.3, -0.25) is 14.9 Å². The Morgan fingerprint density at radius 1 is 1.30 bits per heavy atom. The first-order valence-corrected chi connectivity index (χ1v) is 7.99. The maximum absolute atomic E-state index is 12.1. The van der Waals surface area contributed by atoms with E-state index in [0.29, 0.717) is 23.3 Å². The normalized spacial score (nSPS) is 23.0. The number of hydrogen-bond acceptors (Lipinski definition) is 4. The largest absolute Gasteiger partial charge is 0.271 e. The van der Waals surface area contributed by atoms with E-state index in [4.69, 9.17) is 0 Å². The predicted octanol–water partition coefficient (Wildman–Crippen LogP) is 3.77. The Morgan fingerprint density at radius 2 is 1.96 bits per heavy atom. The lowest BCUT2D eigenvalue weighted by Gasteiger charge is -2.30. The van der Waals surface area contributed by atoms with Crippen LogP contribution < -0.4 is 5.43 Å². The molecule has 1 aliphatic rings. The molecule has 1 saturated carbocycles. The quantitative estimate of drug-likeness (QED) is 0.677. The summed E-state index contributed by atoms with van der Waals surface area (Å²) in [5, 5.41) is 15.0. The second-order valence-corrected chi connectivity index (χ2v) is 6.59. The molecule has 1 aliphatic carbocycles. The van der Waals surface area contributed by atoms with Crippen LogP contribution >= 0.6 is 0 Å². The zero-order valence-corrected chi connectivity index (χ0v) is 13.8. The van der Waals surface area contributed by atoms with Crippen LogP contribution in [0.1, 0.15) is 50.4 Å². The summed E-state index contributed by atoms with van der Waals surface area (Å²) in [7, 11) is 0. The Hall–Kier alpha value is -2.24. The van der Waals surface area contributed by atoms with E-state index in [2.05, 4.69) is 31.3 Å². The topological polar surface area (TPSA) is 84.6 Å². The maximum atomic E-state index is 12.1. The van der Waals surface area contributed by atoms with Crippen molar-refractivity contribution in [2.24, 2.45) is 22.9 Å². The number of nitrogens with one attached hydrogen (secondary N) is 1. The summed E-state index contributed by atoms with van der Waals surface area (Å²) in [6.07, 6.45) is 3.20. The highest BCUT2D eigenvalue weighted by Crippen LogP contribution is 2.31. The molecule has 0 aromatic heterocycles. The maximum Gasteiger partial charge on any atom is 0.271 e. The average Bonchev–Trinajstić information content (AvgIpc) is 2.52. The van der Waals surface area contributed by atoms with E-state index in [9.17, 15) is 14.9 Å². The van der Waals surface area contributed by atoms with Crippen LogP contribution in [-0.2, 0) is 0 Å². The highest BCUT2D eigenvalue weighted by molar-refractivity contribution is 5.96. The van der Waals surface area contributed by atoms with Gasteiger partial charge in [0.25, 0.3) is 11.6 Å². The lowest BCUT2D eigenvalue weighted by molar-refractivity contribution is -0.384. The molecule has 2 rings (SSSR count). The van der Waals surface area contributed by atoms with E-state index in [1.165, 1.54) is 30.7 Å². The van der Waals surface area contributed by atoms with Gasteiger partial charge in [-0.15, -0.1) is 0 Å². The first kappa shape index (κ1) is 17.1. The van der Waals surface area contributed by atoms with Crippen molar-refractivity contribution < 1.29 is 9.72 Å². The summed E-state index contributed by atoms with van der Waals surface area (Å²) in [5.41, 5.74) is 3.98. The van der Waals surface area contributed by atoms with Crippen LogP contribution in [0.25, 0.3) is 0 Å². The summed E-state index contributed by atoms with van der Waals surface area (Å²) >= 11 is 0. The fourth-order valence-electron chi connectivity index (χ4n) is 3.01. The van der Waals surface area contributed by atoms with Crippen molar-refractivity contribution in [2.45, 2.75) is 40.0 Å². The van der Waals surface area contributed by atoms with E-state index < -0.39 is 4.92 Å². The minimum absolute atomic E-state index is 0.0335. The third-order valence-corrected chi connectivity index (χ3v) is 4.40. The van der Waals surface area contributed by atoms with Gasteiger partial charge in [0.05, 0.1) is 4.92 Å². The van der Waals surface area contributed by atoms with Crippen LogP contribution in [0.2, 0.25) is 0 Å². The lowest BCUT2D eigenvalue weighted by atomic mass is 9.76. The van der Waals surface area contributed by atoms with E-state index in [0.717, 1.165) is 18.6 Å². The number of benzene rings is 1. The van der Waals surface area contributed by atoms with E-state index >= 15 is 0 Å². The molecule has 124 valence electrons. The summed E-state index contributed by atoms with van der Waals surface area (Å²) < 4.78 is 0. The van der Waals surface area contributed by atoms with Crippen molar-refractivity contribution in [3.05, 3.63) is 39.9 Å². The Kier molecular flexibility index (Phi) is 5.47. The van der Waals surface area contributed by atoms with Crippen molar-refractivity contribution in [1.82, 2.24) is 5.43 Å². The molecule has 1 fully saturated rings. The van der Waals surface area contributed by atoms with Crippen LogP contribution in [-0.4, -0.2) is 16.5 Å². The van der Waals surface area contributed by atoms with Gasteiger partial charge in [-0.05, 0) is 43.2 Å². The number of carbonyl (C=O) groups is 1. The highest BCUT2D eigenvalue weighted by Gasteiger charge is 2.27. The van der Waals surface area contributed by atoms with Gasteiger partial charge in [-0.1, -0.05) is 20.8 Å². The molecule has 0 radical (unpaired) electrons. The number of non-ortho nitro benzene ring substituents is 1. The molecule has 0 spiro atoms. The van der Waals surface area contributed by atoms with Crippen molar-refractivity contribution >= 4 is 17.3 Å². The Morgan fingerprint density at radius 3 is 2.52 bits per heavy atom. The zero-order valence-electron chi connectivity index (χ0n) is 13.8. The van der Waals surface area contributed by atoms with Gasteiger partial charge < -0.3 is 0 Å². The monoisotopic (exact) mass is 317 g/mol. The van der Waals surface area contributed by atoms with Gasteiger partial charge >= 0.3 is 0 Å². The minimum atomic E-state index is -0.488. The van der Waals surface area contributed by atoms with Crippen molar-refractivity contribution in [2.75, 3.05) is 0 Å². The van der Waals surface area contributed by atoms with E-state index in [1.54, 1.807) is 0 Å². The standard InChI is InChI=1S/C17H23N3O3/c1-11(2)15-9-4-12(3)10-16(15)18-19-17(21)13-5-7-14(8-6-13)20(22)23/h5-8,11-12,15H,4,9-10H2,1-3H3,(H,19,21)/b18-16-/t12-,15+/m0/s1. The molecule has 1 aromatic rings. The molecule has 0 saturated heterocycles. The van der Waals surface area contributed by atoms with Crippen LogP contribution in [0.3, 0.4) is 0 Å². The molecule has 0 bridgehead atoms. The first-order chi connectivity index (χ1) is 10.9. The summed E-state index contributed by atoms with van der Waals surface area (Å²) in [4.78, 5) is 22.3. The fraction of sp³-hybridized carbons (Fsp3) is 0.529. The van der Waals surface area contributed by atoms with Crippen LogP contribution in [0.15, 0.2) is 29.4 Å². The summed E-state index contributed by atoms with van der Waals surface area (Å²) in [5.74, 6) is 1.15. The highest BCUT2D eigenvalue weighted by atomic mass is 16.6. The molecular formula is C17H23N3O3. The number of nitro groups is 1. The third kappa shape index (κ3) is 4.37. The number of amides is 1. The van der Waals surface area contributed by atoms with E-state index in [-0.39, 0.29) is 11.6 Å². The summed E-state index contributed by atoms with van der Waals surface area (Å²) in [6, 6.07) is 5.53. The predicted molar refractivity (Wildman–Crippen MR) is 89.3 cm³/mol. The number of nitro benzene ring substituents is 1. The molecule has 0 unspecified atom stereocenters. The average molecular weight is 317 g/mol. The van der Waals surface area contributed by atoms with Crippen molar-refractivity contribution in [3.63, 3.8) is 0 Å². The fourth-order valence-corrected chi connectivity index (χ4v) is 3.01. The van der Waals surface area contributed by atoms with Crippen LogP contribution in [0.5, 0.6) is 0 Å². The number of hydrogen-bond donors (Lipinski definition) is 1. The molecule has 1 aromatic carbocycles. The molecule has 0 heterocycles. The molecular weight excluding hydrogens is 294 g/mol. The molecule has 0 aliphatic heterocycles. The van der Waals surface area contributed by atoms with Crippen LogP contribution in [0.4, 0.5) is 5.69 Å². The van der Waals surface area contributed by atoms with Gasteiger partial charge in [-0.25, -0.2) is 5.43 Å². The lowest BCUT2D eigenvalue weighted by Crippen LogP contribution is -2.31. The number of hydrazone groups is 1. The van der Waals surface area contributed by atoms with Crippen LogP contribution in [0, 0.1) is 27.9 Å². The van der Waals surface area contributed by atoms with Gasteiger partial charge in [0.1, 0.15) is 0 Å². The van der Waals surface area contributed by atoms with Crippen molar-refractivity contribution in [3.8, 4) is 0 Å². The third-order valence-electron chi connectivity index (χ3n) is 4.40. The molecule has 1 amide bonds. The molecule has 1 N–H and O–H groups in total. The molecule has 2 atom stereocenters. The first-order valence-electron chi connectivity index (χ1n) is 7.99. The zero-order chi connectivity index (χ0) is 17.0. The molecule has 6 heteroatoms. The van der Waals surface area contributed by atoms with Crippen molar-refractivity contribution in [1.29, 1.82) is 0 Å². The Labute approximate surface area is 136 Å². The second kappa shape index (κ2) is 7.35. The second-order valence-electron chi connectivity index (χ2n) is 6.59. The Balaban J connectivity index is 2.07. The minimum Gasteiger partial charge on any atom is -0.267 e. The number of carbonyl (C=O) groups excluding carboxylic acids is 1. The molecule has 6 nitrogen and oxygen atoms in total. The SMILES string of the molecule is CC(C)[C@H]1CC[C@H](C)C/C1=N/NC(=O)c1ccc([N+](=O)[O-])cc1. The van der Waals surface area contributed by atoms with Gasteiger partial charge in [0.15, 0.2) is 0 Å². The smallest absolute Gasteiger partial charge is 0.267 e. The van der Waals surface area contributed by atoms with Gasteiger partial charge in [0.2, 0.25) is 0 Å². The number of nitrogens with zero attached hydrogens (tertiary/aromatic N) is 2. The number of rotatable bonds is 4.